The van der Waals surface area contributed by atoms with Crippen molar-refractivity contribution in [3.8, 4) is 5.75 Å². The van der Waals surface area contributed by atoms with Crippen LogP contribution in [0, 0.1) is 0 Å². The van der Waals surface area contributed by atoms with Crippen LogP contribution in [-0.2, 0) is 16.2 Å². The summed E-state index contributed by atoms with van der Waals surface area (Å²) in [6, 6.07) is 19.5. The van der Waals surface area contributed by atoms with Gasteiger partial charge < -0.3 is 19.3 Å². The Morgan fingerprint density at radius 1 is 0.871 bits per heavy atom. The molecule has 0 aliphatic rings. The van der Waals surface area contributed by atoms with Crippen molar-refractivity contribution in [2.75, 3.05) is 13.2 Å². The Labute approximate surface area is 184 Å². The van der Waals surface area contributed by atoms with Gasteiger partial charge in [0.15, 0.2) is 13.2 Å². The number of benzene rings is 3. The largest absolute Gasteiger partial charge is 0.506 e. The molecule has 0 unspecified atom stereocenters. The molecule has 0 bridgehead atoms. The fraction of sp³-hybridized carbons (Fsp3) is 0.167. The van der Waals surface area contributed by atoms with Crippen LogP contribution in [0.25, 0.3) is 21.8 Å². The molecule has 0 radical (unpaired) electrons. The van der Waals surface area contributed by atoms with Crippen LogP contribution in [0.15, 0.2) is 71.0 Å². The Balaban J connectivity index is 1.31. The van der Waals surface area contributed by atoms with E-state index in [9.17, 15) is 5.11 Å². The van der Waals surface area contributed by atoms with Gasteiger partial charge in [-0.15, -0.1) is 0 Å². The molecule has 0 amide bonds. The molecular weight excluding hydrogens is 414 g/mol. The first-order valence-corrected chi connectivity index (χ1v) is 10.4. The van der Waals surface area contributed by atoms with Gasteiger partial charge in [0.1, 0.15) is 5.75 Å². The molecule has 0 spiro atoms. The van der Waals surface area contributed by atoms with Gasteiger partial charge in [0.2, 0.25) is 0 Å². The second kappa shape index (κ2) is 9.53. The molecule has 4 rings (SSSR count). The monoisotopic (exact) mass is 435 g/mol. The summed E-state index contributed by atoms with van der Waals surface area (Å²) >= 11 is 5.84. The minimum absolute atomic E-state index is 0.0290. The van der Waals surface area contributed by atoms with Crippen molar-refractivity contribution in [2.45, 2.75) is 13.5 Å². The number of halogens is 1. The van der Waals surface area contributed by atoms with E-state index in [1.807, 2.05) is 6.07 Å². The third-order valence-corrected chi connectivity index (χ3v) is 5.21. The highest BCUT2D eigenvalue weighted by atomic mass is 35.5. The number of aryl methyl sites for hydroxylation is 1. The zero-order valence-electron chi connectivity index (χ0n) is 17.0. The Morgan fingerprint density at radius 2 is 1.52 bits per heavy atom. The third kappa shape index (κ3) is 4.64. The smallest absolute Gasteiger partial charge is 0.153 e. The first-order chi connectivity index (χ1) is 15.2. The molecule has 0 aliphatic carbocycles. The second-order valence-corrected chi connectivity index (χ2v) is 7.29. The molecule has 4 aromatic rings. The number of hydrogen-bond acceptors (Lipinski definition) is 5. The molecule has 31 heavy (non-hydrogen) atoms. The molecule has 0 fully saturated rings. The normalized spacial score (nSPS) is 11.8. The molecule has 3 aromatic carbocycles. The fourth-order valence-corrected chi connectivity index (χ4v) is 3.66. The average molecular weight is 436 g/mol. The molecule has 1 aromatic heterocycles. The Hall–Kier alpha value is -3.51. The molecular formula is C24H22ClN3O3. The minimum Gasteiger partial charge on any atom is -0.506 e. The summed E-state index contributed by atoms with van der Waals surface area (Å²) in [6.45, 7) is 3.59. The fourth-order valence-electron chi connectivity index (χ4n) is 3.47. The van der Waals surface area contributed by atoms with E-state index in [1.165, 1.54) is 34.1 Å². The van der Waals surface area contributed by atoms with Crippen LogP contribution in [0.5, 0.6) is 5.75 Å². The van der Waals surface area contributed by atoms with Crippen LogP contribution >= 0.6 is 11.6 Å². The van der Waals surface area contributed by atoms with E-state index in [4.69, 9.17) is 21.3 Å². The summed E-state index contributed by atoms with van der Waals surface area (Å²) in [7, 11) is 0. The van der Waals surface area contributed by atoms with E-state index in [1.54, 1.807) is 18.3 Å². The average Bonchev–Trinajstić information content (AvgIpc) is 3.11. The highest BCUT2D eigenvalue weighted by molar-refractivity contribution is 6.32. The highest BCUT2D eigenvalue weighted by Gasteiger charge is 2.09. The van der Waals surface area contributed by atoms with Gasteiger partial charge in [-0.1, -0.05) is 46.2 Å². The van der Waals surface area contributed by atoms with Crippen molar-refractivity contribution in [3.05, 3.63) is 76.8 Å². The standard InChI is InChI=1S/C24H22ClN3O3/c1-2-28-22-6-4-3-5-19(22)20-13-17(7-9-23(20)28)15-26-30-11-12-31-27-16-18-8-10-24(29)21(25)14-18/h3-10,13-16,29H,2,11-12H2,1H3/b26-15+,27-16+. The summed E-state index contributed by atoms with van der Waals surface area (Å²) in [5, 5.41) is 20.0. The first-order valence-electron chi connectivity index (χ1n) is 9.97. The van der Waals surface area contributed by atoms with E-state index in [-0.39, 0.29) is 24.0 Å². The van der Waals surface area contributed by atoms with Crippen molar-refractivity contribution in [3.63, 3.8) is 0 Å². The number of fused-ring (bicyclic) bond motifs is 3. The lowest BCUT2D eigenvalue weighted by molar-refractivity contribution is 0.0553. The Kier molecular flexibility index (Phi) is 6.38. The van der Waals surface area contributed by atoms with E-state index in [0.717, 1.165) is 17.7 Å². The summed E-state index contributed by atoms with van der Waals surface area (Å²) < 4.78 is 2.31. The molecule has 0 saturated heterocycles. The lowest BCUT2D eigenvalue weighted by atomic mass is 10.1. The van der Waals surface area contributed by atoms with Crippen molar-refractivity contribution in [1.82, 2.24) is 4.57 Å². The minimum atomic E-state index is 0.0290. The van der Waals surface area contributed by atoms with Crippen molar-refractivity contribution >= 4 is 45.8 Å². The number of aromatic hydroxyl groups is 1. The van der Waals surface area contributed by atoms with Gasteiger partial charge in [-0.2, -0.15) is 0 Å². The quantitative estimate of drug-likeness (QED) is 0.223. The predicted octanol–water partition coefficient (Wildman–Crippen LogP) is 5.57. The summed E-state index contributed by atoms with van der Waals surface area (Å²) in [4.78, 5) is 10.4. The zero-order chi connectivity index (χ0) is 21.6. The number of rotatable bonds is 8. The molecule has 6 nitrogen and oxygen atoms in total. The summed E-state index contributed by atoms with van der Waals surface area (Å²) in [5.41, 5.74) is 4.14. The molecule has 1 N–H and O–H groups in total. The number of phenols is 1. The maximum absolute atomic E-state index is 9.39. The van der Waals surface area contributed by atoms with Gasteiger partial charge in [-0.3, -0.25) is 0 Å². The van der Waals surface area contributed by atoms with Gasteiger partial charge in [0, 0.05) is 28.4 Å². The van der Waals surface area contributed by atoms with Gasteiger partial charge in [-0.25, -0.2) is 0 Å². The van der Waals surface area contributed by atoms with Crippen LogP contribution in [0.3, 0.4) is 0 Å². The number of nitrogens with zero attached hydrogens (tertiary/aromatic N) is 3. The van der Waals surface area contributed by atoms with Gasteiger partial charge in [-0.05, 0) is 54.4 Å². The van der Waals surface area contributed by atoms with Crippen molar-refractivity contribution < 1.29 is 14.8 Å². The second-order valence-electron chi connectivity index (χ2n) is 6.88. The van der Waals surface area contributed by atoms with Crippen molar-refractivity contribution in [2.24, 2.45) is 10.3 Å². The molecule has 0 atom stereocenters. The van der Waals surface area contributed by atoms with Crippen LogP contribution in [-0.4, -0.2) is 35.3 Å². The third-order valence-electron chi connectivity index (χ3n) is 4.90. The lowest BCUT2D eigenvalue weighted by Crippen LogP contribution is -1.98. The van der Waals surface area contributed by atoms with Gasteiger partial charge >= 0.3 is 0 Å². The molecule has 7 heteroatoms. The Bertz CT molecular complexity index is 1260. The zero-order valence-corrected chi connectivity index (χ0v) is 17.8. The van der Waals surface area contributed by atoms with Gasteiger partial charge in [0.05, 0.1) is 17.5 Å². The number of para-hydroxylation sites is 1. The topological polar surface area (TPSA) is 68.3 Å². The molecule has 0 aliphatic heterocycles. The lowest BCUT2D eigenvalue weighted by Gasteiger charge is -2.02. The van der Waals surface area contributed by atoms with E-state index in [2.05, 4.69) is 58.2 Å². The van der Waals surface area contributed by atoms with Crippen LogP contribution in [0.4, 0.5) is 0 Å². The molecule has 1 heterocycles. The van der Waals surface area contributed by atoms with E-state index in [0.29, 0.717) is 0 Å². The highest BCUT2D eigenvalue weighted by Crippen LogP contribution is 2.29. The maximum atomic E-state index is 9.39. The molecule has 0 saturated carbocycles. The summed E-state index contributed by atoms with van der Waals surface area (Å²) in [6.07, 6.45) is 3.20. The van der Waals surface area contributed by atoms with Crippen molar-refractivity contribution in [1.29, 1.82) is 0 Å². The number of oxime groups is 2. The van der Waals surface area contributed by atoms with E-state index < -0.39 is 0 Å². The summed E-state index contributed by atoms with van der Waals surface area (Å²) in [5.74, 6) is 0.0290. The van der Waals surface area contributed by atoms with Gasteiger partial charge in [0.25, 0.3) is 0 Å². The molecule has 158 valence electrons. The van der Waals surface area contributed by atoms with Crippen LogP contribution in [0.2, 0.25) is 5.02 Å². The number of phenolic OH excluding ortho intramolecular Hbond substituents is 1. The number of aromatic nitrogens is 1. The number of hydrogen-bond donors (Lipinski definition) is 1. The maximum Gasteiger partial charge on any atom is 0.153 e. The first kappa shape index (κ1) is 20.8. The van der Waals surface area contributed by atoms with E-state index >= 15 is 0 Å². The SMILES string of the molecule is CCn1c2ccccc2c2cc(/C=N/OCCO/N=C/c3ccc(O)c(Cl)c3)ccc21. The Morgan fingerprint density at radius 3 is 2.23 bits per heavy atom. The van der Waals surface area contributed by atoms with Crippen LogP contribution < -0.4 is 0 Å². The van der Waals surface area contributed by atoms with Crippen LogP contribution in [0.1, 0.15) is 18.1 Å². The predicted molar refractivity (Wildman–Crippen MR) is 125 cm³/mol.